The third kappa shape index (κ3) is 3.34. The van der Waals surface area contributed by atoms with Crippen molar-refractivity contribution < 1.29 is 13.5 Å². The molecule has 0 bridgehead atoms. The number of imidazole rings is 1. The van der Waals surface area contributed by atoms with E-state index in [1.54, 1.807) is 7.11 Å². The Morgan fingerprint density at radius 2 is 2.25 bits per heavy atom. The lowest BCUT2D eigenvalue weighted by Crippen LogP contribution is -2.10. The maximum Gasteiger partial charge on any atom is 0.319 e. The average molecular weight is 346 g/mol. The van der Waals surface area contributed by atoms with Gasteiger partial charge in [-0.25, -0.2) is 4.98 Å². The van der Waals surface area contributed by atoms with Crippen molar-refractivity contribution in [3.63, 3.8) is 0 Å². The highest BCUT2D eigenvalue weighted by molar-refractivity contribution is 9.10. The van der Waals surface area contributed by atoms with Crippen LogP contribution in [0.15, 0.2) is 35.1 Å². The molecule has 2 rings (SSSR count). The minimum Gasteiger partial charge on any atom is -0.380 e. The van der Waals surface area contributed by atoms with E-state index in [4.69, 9.17) is 4.74 Å². The first kappa shape index (κ1) is 14.9. The van der Waals surface area contributed by atoms with Crippen molar-refractivity contribution in [3.05, 3.63) is 46.5 Å². The highest BCUT2D eigenvalue weighted by Gasteiger charge is 2.12. The Bertz CT molecular complexity index is 574. The summed E-state index contributed by atoms with van der Waals surface area (Å²) in [6, 6.07) is 5.64. The zero-order valence-electron chi connectivity index (χ0n) is 10.8. The number of ether oxygens (including phenoxy) is 1. The molecule has 0 aliphatic rings. The van der Waals surface area contributed by atoms with Gasteiger partial charge in [0.05, 0.1) is 13.2 Å². The molecule has 1 aromatic heterocycles. The van der Waals surface area contributed by atoms with Gasteiger partial charge in [-0.1, -0.05) is 22.0 Å². The Labute approximate surface area is 123 Å². The van der Waals surface area contributed by atoms with E-state index < -0.39 is 6.55 Å². The molecule has 0 amide bonds. The van der Waals surface area contributed by atoms with Crippen molar-refractivity contribution in [3.8, 4) is 0 Å². The molecule has 0 aliphatic heterocycles. The van der Waals surface area contributed by atoms with E-state index in [0.717, 1.165) is 20.3 Å². The molecular weight excluding hydrogens is 332 g/mol. The molecule has 2 aromatic rings. The summed E-state index contributed by atoms with van der Waals surface area (Å²) in [5, 5.41) is 3.11. The normalized spacial score (nSPS) is 11.1. The molecule has 108 valence electrons. The number of alkyl halides is 2. The zero-order valence-corrected chi connectivity index (χ0v) is 12.4. The van der Waals surface area contributed by atoms with Crippen LogP contribution in [0.4, 0.5) is 14.5 Å². The molecule has 20 heavy (non-hydrogen) atoms. The number of halogens is 3. The van der Waals surface area contributed by atoms with E-state index in [1.165, 1.54) is 12.4 Å². The van der Waals surface area contributed by atoms with E-state index in [2.05, 4.69) is 26.2 Å². The number of nitrogens with zero attached hydrogens (tertiary/aromatic N) is 2. The van der Waals surface area contributed by atoms with Crippen LogP contribution < -0.4 is 5.32 Å². The second kappa shape index (κ2) is 6.81. The summed E-state index contributed by atoms with van der Waals surface area (Å²) in [6.07, 6.45) is 2.62. The predicted octanol–water partition coefficient (Wildman–Crippen LogP) is 3.80. The second-order valence-electron chi connectivity index (χ2n) is 4.08. The van der Waals surface area contributed by atoms with Crippen LogP contribution in [0.2, 0.25) is 0 Å². The molecule has 1 aromatic carbocycles. The van der Waals surface area contributed by atoms with Crippen LogP contribution in [0, 0.1) is 0 Å². The van der Waals surface area contributed by atoms with Crippen molar-refractivity contribution in [2.45, 2.75) is 19.7 Å². The summed E-state index contributed by atoms with van der Waals surface area (Å²) in [5.74, 6) is 0.281. The number of nitrogens with one attached hydrogen (secondary N) is 1. The lowest BCUT2D eigenvalue weighted by Gasteiger charge is -2.13. The van der Waals surface area contributed by atoms with Crippen molar-refractivity contribution in [1.82, 2.24) is 9.55 Å². The minimum absolute atomic E-state index is 0.213. The van der Waals surface area contributed by atoms with E-state index in [9.17, 15) is 8.78 Å². The van der Waals surface area contributed by atoms with Crippen molar-refractivity contribution in [1.29, 1.82) is 0 Å². The summed E-state index contributed by atoms with van der Waals surface area (Å²) in [6.45, 7) is -1.95. The molecule has 1 heterocycles. The van der Waals surface area contributed by atoms with Crippen molar-refractivity contribution in [2.75, 3.05) is 12.4 Å². The largest absolute Gasteiger partial charge is 0.380 e. The first-order valence-electron chi connectivity index (χ1n) is 5.93. The van der Waals surface area contributed by atoms with Gasteiger partial charge in [0.25, 0.3) is 0 Å². The molecule has 0 fully saturated rings. The molecule has 1 N–H and O–H groups in total. The third-order valence-corrected chi connectivity index (χ3v) is 3.55. The Balaban J connectivity index is 2.14. The Kier molecular flexibility index (Phi) is 5.08. The monoisotopic (exact) mass is 345 g/mol. The standard InChI is InChI=1S/C13H14BrF2N3O/c1-20-8-9-10(14)3-2-4-11(9)18-7-12-17-5-6-19(12)13(15)16/h2-6,13,18H,7-8H2,1H3. The summed E-state index contributed by atoms with van der Waals surface area (Å²) >= 11 is 3.44. The van der Waals surface area contributed by atoms with Crippen LogP contribution in [0.1, 0.15) is 17.9 Å². The second-order valence-corrected chi connectivity index (χ2v) is 4.94. The number of hydrogen-bond acceptors (Lipinski definition) is 3. The van der Waals surface area contributed by atoms with E-state index in [-0.39, 0.29) is 12.4 Å². The summed E-state index contributed by atoms with van der Waals surface area (Å²) < 4.78 is 32.3. The minimum atomic E-state index is -2.59. The maximum absolute atomic E-state index is 12.7. The van der Waals surface area contributed by atoms with Gasteiger partial charge in [-0.05, 0) is 12.1 Å². The number of rotatable bonds is 6. The van der Waals surface area contributed by atoms with Crippen molar-refractivity contribution in [2.24, 2.45) is 0 Å². The smallest absolute Gasteiger partial charge is 0.319 e. The number of hydrogen-bond donors (Lipinski definition) is 1. The molecule has 7 heteroatoms. The van der Waals surface area contributed by atoms with Crippen LogP contribution in [-0.4, -0.2) is 16.7 Å². The van der Waals surface area contributed by atoms with Gasteiger partial charge in [-0.15, -0.1) is 0 Å². The maximum atomic E-state index is 12.7. The summed E-state index contributed by atoms with van der Waals surface area (Å²) in [4.78, 5) is 3.93. The summed E-state index contributed by atoms with van der Waals surface area (Å²) in [7, 11) is 1.60. The Hall–Kier alpha value is -1.47. The van der Waals surface area contributed by atoms with E-state index >= 15 is 0 Å². The number of benzene rings is 1. The lowest BCUT2D eigenvalue weighted by atomic mass is 10.2. The topological polar surface area (TPSA) is 39.1 Å². The lowest BCUT2D eigenvalue weighted by molar-refractivity contribution is 0.0673. The first-order chi connectivity index (χ1) is 9.63. The first-order valence-corrected chi connectivity index (χ1v) is 6.73. The fraction of sp³-hybridized carbons (Fsp3) is 0.308. The van der Waals surface area contributed by atoms with Crippen LogP contribution in [0.25, 0.3) is 0 Å². The zero-order chi connectivity index (χ0) is 14.5. The average Bonchev–Trinajstić information content (AvgIpc) is 2.88. The Morgan fingerprint density at radius 3 is 2.95 bits per heavy atom. The van der Waals surface area contributed by atoms with Crippen LogP contribution >= 0.6 is 15.9 Å². The van der Waals surface area contributed by atoms with Crippen LogP contribution in [-0.2, 0) is 17.9 Å². The quantitative estimate of drug-likeness (QED) is 0.865. The number of aromatic nitrogens is 2. The van der Waals surface area contributed by atoms with Crippen LogP contribution in [0.5, 0.6) is 0 Å². The van der Waals surface area contributed by atoms with Gasteiger partial charge < -0.3 is 10.1 Å². The van der Waals surface area contributed by atoms with E-state index in [1.807, 2.05) is 18.2 Å². The van der Waals surface area contributed by atoms with Gasteiger partial charge in [0, 0.05) is 35.2 Å². The molecule has 0 radical (unpaired) electrons. The fourth-order valence-corrected chi connectivity index (χ4v) is 2.33. The van der Waals surface area contributed by atoms with Gasteiger partial charge in [-0.3, -0.25) is 4.57 Å². The van der Waals surface area contributed by atoms with Gasteiger partial charge in [0.15, 0.2) is 0 Å². The van der Waals surface area contributed by atoms with Gasteiger partial charge in [-0.2, -0.15) is 8.78 Å². The summed E-state index contributed by atoms with van der Waals surface area (Å²) in [5.41, 5.74) is 1.76. The molecule has 0 saturated heterocycles. The molecule has 0 unspecified atom stereocenters. The molecule has 0 saturated carbocycles. The highest BCUT2D eigenvalue weighted by Crippen LogP contribution is 2.26. The van der Waals surface area contributed by atoms with E-state index in [0.29, 0.717) is 6.61 Å². The van der Waals surface area contributed by atoms with Gasteiger partial charge in [0.2, 0.25) is 0 Å². The molecule has 0 atom stereocenters. The van der Waals surface area contributed by atoms with Crippen LogP contribution in [0.3, 0.4) is 0 Å². The predicted molar refractivity (Wildman–Crippen MR) is 75.7 cm³/mol. The van der Waals surface area contributed by atoms with Crippen molar-refractivity contribution >= 4 is 21.6 Å². The van der Waals surface area contributed by atoms with Gasteiger partial charge in [0.1, 0.15) is 5.82 Å². The third-order valence-electron chi connectivity index (χ3n) is 2.80. The number of methoxy groups -OCH3 is 1. The Morgan fingerprint density at radius 1 is 1.45 bits per heavy atom. The SMILES string of the molecule is COCc1c(Br)cccc1NCc1nccn1C(F)F. The number of anilines is 1. The molecule has 0 spiro atoms. The fourth-order valence-electron chi connectivity index (χ4n) is 1.85. The molecule has 0 aliphatic carbocycles. The molecular formula is C13H14BrF2N3O. The highest BCUT2D eigenvalue weighted by atomic mass is 79.9. The van der Waals surface area contributed by atoms with Gasteiger partial charge >= 0.3 is 6.55 Å². The molecule has 4 nitrogen and oxygen atoms in total.